The topological polar surface area (TPSA) is 22.0 Å². The lowest BCUT2D eigenvalue weighted by molar-refractivity contribution is 0.664. The first kappa shape index (κ1) is 11.3. The molecule has 1 aromatic heterocycles. The Balaban J connectivity index is 2.28. The molecule has 0 aromatic carbocycles. The van der Waals surface area contributed by atoms with Crippen molar-refractivity contribution in [1.29, 1.82) is 0 Å². The van der Waals surface area contributed by atoms with Gasteiger partial charge >= 0.3 is 4.87 Å². The van der Waals surface area contributed by atoms with Crippen LogP contribution in [0, 0.1) is 0 Å². The lowest BCUT2D eigenvalue weighted by atomic mass is 10.2. The second-order valence-electron chi connectivity index (χ2n) is 3.94. The van der Waals surface area contributed by atoms with Crippen LogP contribution in [0.15, 0.2) is 4.79 Å². The van der Waals surface area contributed by atoms with Crippen molar-refractivity contribution in [3.8, 4) is 0 Å². The number of fused-ring (bicyclic) bond motifs is 1. The van der Waals surface area contributed by atoms with Crippen LogP contribution in [0.5, 0.6) is 0 Å². The predicted molar refractivity (Wildman–Crippen MR) is 68.2 cm³/mol. The fourth-order valence-electron chi connectivity index (χ4n) is 2.11. The van der Waals surface area contributed by atoms with Gasteiger partial charge in [-0.25, -0.2) is 0 Å². The van der Waals surface area contributed by atoms with Crippen molar-refractivity contribution < 1.29 is 0 Å². The summed E-state index contributed by atoms with van der Waals surface area (Å²) in [5, 5.41) is 0. The molecule has 0 radical (unpaired) electrons. The van der Waals surface area contributed by atoms with E-state index in [4.69, 9.17) is 0 Å². The molecule has 0 atom stereocenters. The molecule has 0 spiro atoms. The van der Waals surface area contributed by atoms with Gasteiger partial charge in [0.2, 0.25) is 0 Å². The van der Waals surface area contributed by atoms with Crippen LogP contribution in [0.4, 0.5) is 0 Å². The van der Waals surface area contributed by atoms with Gasteiger partial charge in [-0.15, -0.1) is 0 Å². The zero-order chi connectivity index (χ0) is 10.7. The van der Waals surface area contributed by atoms with Gasteiger partial charge in [0.05, 0.1) is 0 Å². The van der Waals surface area contributed by atoms with Gasteiger partial charge in [0.25, 0.3) is 0 Å². The highest BCUT2D eigenvalue weighted by molar-refractivity contribution is 7.98. The summed E-state index contributed by atoms with van der Waals surface area (Å²) in [5.41, 5.74) is 1.34. The van der Waals surface area contributed by atoms with Gasteiger partial charge in [0.1, 0.15) is 0 Å². The first-order chi connectivity index (χ1) is 7.33. The lowest BCUT2D eigenvalue weighted by Crippen LogP contribution is -2.17. The van der Waals surface area contributed by atoms with Gasteiger partial charge in [0, 0.05) is 22.9 Å². The second kappa shape index (κ2) is 5.21. The summed E-state index contributed by atoms with van der Waals surface area (Å²) in [6.07, 6.45) is 8.16. The molecule has 0 N–H and O–H groups in total. The molecule has 0 bridgehead atoms. The maximum atomic E-state index is 11.8. The fraction of sp³-hybridized carbons (Fsp3) is 0.727. The summed E-state index contributed by atoms with van der Waals surface area (Å²) in [6.45, 7) is 0.895. The summed E-state index contributed by atoms with van der Waals surface area (Å²) < 4.78 is 2.02. The van der Waals surface area contributed by atoms with E-state index in [1.54, 1.807) is 0 Å². The monoisotopic (exact) mass is 243 g/mol. The van der Waals surface area contributed by atoms with Crippen LogP contribution in [-0.2, 0) is 19.4 Å². The summed E-state index contributed by atoms with van der Waals surface area (Å²) >= 11 is 3.29. The Morgan fingerprint density at radius 3 is 2.93 bits per heavy atom. The van der Waals surface area contributed by atoms with Gasteiger partial charge in [-0.2, -0.15) is 11.8 Å². The first-order valence-corrected chi connectivity index (χ1v) is 7.74. The van der Waals surface area contributed by atoms with Crippen LogP contribution in [0.25, 0.3) is 0 Å². The predicted octanol–water partition coefficient (Wildman–Crippen LogP) is 2.54. The van der Waals surface area contributed by atoms with E-state index in [9.17, 15) is 4.79 Å². The normalized spacial score (nSPS) is 16.1. The molecule has 84 valence electrons. The van der Waals surface area contributed by atoms with Crippen molar-refractivity contribution in [2.24, 2.45) is 0 Å². The van der Waals surface area contributed by atoms with Gasteiger partial charge in [-0.05, 0) is 31.9 Å². The average Bonchev–Trinajstić information content (AvgIpc) is 2.41. The van der Waals surface area contributed by atoms with E-state index in [1.807, 2.05) is 16.3 Å². The lowest BCUT2D eigenvalue weighted by Gasteiger charge is -2.06. The molecule has 15 heavy (non-hydrogen) atoms. The third-order valence-corrected chi connectivity index (χ3v) is 4.59. The van der Waals surface area contributed by atoms with E-state index in [1.165, 1.54) is 41.2 Å². The quantitative estimate of drug-likeness (QED) is 0.761. The maximum Gasteiger partial charge on any atom is 0.307 e. The van der Waals surface area contributed by atoms with Gasteiger partial charge in [0.15, 0.2) is 0 Å². The molecular formula is C11H17NOS2. The van der Waals surface area contributed by atoms with Crippen molar-refractivity contribution in [2.45, 2.75) is 38.6 Å². The third-order valence-electron chi connectivity index (χ3n) is 2.92. The Hall–Kier alpha value is -0.220. The Morgan fingerprint density at radius 2 is 2.13 bits per heavy atom. The Kier molecular flexibility index (Phi) is 3.92. The van der Waals surface area contributed by atoms with Gasteiger partial charge < -0.3 is 4.57 Å². The summed E-state index contributed by atoms with van der Waals surface area (Å²) in [5.74, 6) is 1.04. The zero-order valence-electron chi connectivity index (χ0n) is 9.12. The SMILES string of the molecule is CSCCn1c2c(sc1=O)CCCCC2. The van der Waals surface area contributed by atoms with E-state index in [-0.39, 0.29) is 4.87 Å². The van der Waals surface area contributed by atoms with Gasteiger partial charge in [-0.1, -0.05) is 17.8 Å². The number of thiazole rings is 1. The standard InChI is InChI=1S/C11H17NOS2/c1-14-8-7-12-9-5-3-2-4-6-10(9)15-11(12)13/h2-8H2,1H3. The average molecular weight is 243 g/mol. The number of hydrogen-bond acceptors (Lipinski definition) is 3. The minimum absolute atomic E-state index is 0.260. The highest BCUT2D eigenvalue weighted by Crippen LogP contribution is 2.22. The van der Waals surface area contributed by atoms with Crippen LogP contribution in [0.2, 0.25) is 0 Å². The van der Waals surface area contributed by atoms with Crippen LogP contribution in [-0.4, -0.2) is 16.6 Å². The van der Waals surface area contributed by atoms with Crippen molar-refractivity contribution in [2.75, 3.05) is 12.0 Å². The minimum atomic E-state index is 0.260. The highest BCUT2D eigenvalue weighted by Gasteiger charge is 2.16. The van der Waals surface area contributed by atoms with E-state index in [0.29, 0.717) is 0 Å². The number of rotatable bonds is 3. The maximum absolute atomic E-state index is 11.8. The van der Waals surface area contributed by atoms with Crippen LogP contribution >= 0.6 is 23.1 Å². The Bertz CT molecular complexity index is 380. The number of aryl methyl sites for hydroxylation is 1. The molecular weight excluding hydrogens is 226 g/mol. The molecule has 1 heterocycles. The smallest absolute Gasteiger partial charge is 0.302 e. The largest absolute Gasteiger partial charge is 0.307 e. The molecule has 2 rings (SSSR count). The highest BCUT2D eigenvalue weighted by atomic mass is 32.2. The number of thioether (sulfide) groups is 1. The first-order valence-electron chi connectivity index (χ1n) is 5.53. The molecule has 0 aliphatic heterocycles. The van der Waals surface area contributed by atoms with Crippen molar-refractivity contribution in [3.63, 3.8) is 0 Å². The van der Waals surface area contributed by atoms with Crippen LogP contribution < -0.4 is 4.87 Å². The molecule has 0 amide bonds. The zero-order valence-corrected chi connectivity index (χ0v) is 10.8. The number of nitrogens with zero attached hydrogens (tertiary/aromatic N) is 1. The Labute approximate surface area is 98.7 Å². The van der Waals surface area contributed by atoms with E-state index in [2.05, 4.69) is 6.26 Å². The molecule has 4 heteroatoms. The number of aromatic nitrogens is 1. The molecule has 0 fully saturated rings. The van der Waals surface area contributed by atoms with Crippen molar-refractivity contribution >= 4 is 23.1 Å². The van der Waals surface area contributed by atoms with Crippen molar-refractivity contribution in [3.05, 3.63) is 20.2 Å². The van der Waals surface area contributed by atoms with E-state index >= 15 is 0 Å². The number of hydrogen-bond donors (Lipinski definition) is 0. The molecule has 1 aromatic rings. The molecule has 0 unspecified atom stereocenters. The van der Waals surface area contributed by atoms with E-state index in [0.717, 1.165) is 25.1 Å². The molecule has 0 saturated carbocycles. The second-order valence-corrected chi connectivity index (χ2v) is 5.97. The third kappa shape index (κ3) is 2.48. The van der Waals surface area contributed by atoms with E-state index < -0.39 is 0 Å². The molecule has 1 aliphatic carbocycles. The fourth-order valence-corrected chi connectivity index (χ4v) is 3.58. The van der Waals surface area contributed by atoms with Crippen LogP contribution in [0.1, 0.15) is 29.8 Å². The summed E-state index contributed by atoms with van der Waals surface area (Å²) in [7, 11) is 0. The van der Waals surface area contributed by atoms with Crippen molar-refractivity contribution in [1.82, 2.24) is 4.57 Å². The Morgan fingerprint density at radius 1 is 1.33 bits per heavy atom. The molecule has 1 aliphatic rings. The summed E-state index contributed by atoms with van der Waals surface area (Å²) in [6, 6.07) is 0. The molecule has 2 nitrogen and oxygen atoms in total. The van der Waals surface area contributed by atoms with Gasteiger partial charge in [-0.3, -0.25) is 4.79 Å². The molecule has 0 saturated heterocycles. The minimum Gasteiger partial charge on any atom is -0.302 e. The van der Waals surface area contributed by atoms with Crippen LogP contribution in [0.3, 0.4) is 0 Å². The summed E-state index contributed by atoms with van der Waals surface area (Å²) in [4.78, 5) is 13.4.